The molecular formula is C7H14N2O2. The van der Waals surface area contributed by atoms with Crippen molar-refractivity contribution in [2.24, 2.45) is 0 Å². The summed E-state index contributed by atoms with van der Waals surface area (Å²) in [5, 5.41) is 6.28. The first-order chi connectivity index (χ1) is 5.34. The molecule has 0 aromatic rings. The van der Waals surface area contributed by atoms with Crippen molar-refractivity contribution in [3.63, 3.8) is 0 Å². The van der Waals surface area contributed by atoms with Gasteiger partial charge in [0.25, 0.3) is 0 Å². The molecule has 4 heteroatoms. The van der Waals surface area contributed by atoms with Crippen molar-refractivity contribution in [2.75, 3.05) is 26.7 Å². The summed E-state index contributed by atoms with van der Waals surface area (Å²) in [6, 6.07) is -0.116. The minimum absolute atomic E-state index is 0.116. The van der Waals surface area contributed by atoms with E-state index >= 15 is 0 Å². The fourth-order valence-corrected chi connectivity index (χ4v) is 1.15. The summed E-state index contributed by atoms with van der Waals surface area (Å²) >= 11 is 0. The van der Waals surface area contributed by atoms with Crippen LogP contribution < -0.4 is 10.6 Å². The third-order valence-corrected chi connectivity index (χ3v) is 1.79. The second-order valence-electron chi connectivity index (χ2n) is 2.57. The molecule has 1 fully saturated rings. The van der Waals surface area contributed by atoms with Crippen molar-refractivity contribution in [3.05, 3.63) is 0 Å². The maximum atomic E-state index is 11.0. The third kappa shape index (κ3) is 2.48. The molecule has 0 saturated carbocycles. The lowest BCUT2D eigenvalue weighted by Crippen LogP contribution is -2.37. The van der Waals surface area contributed by atoms with Crippen LogP contribution in [0.25, 0.3) is 0 Å². The van der Waals surface area contributed by atoms with Gasteiger partial charge in [-0.1, -0.05) is 0 Å². The Bertz CT molecular complexity index is 130. The first kappa shape index (κ1) is 8.49. The highest BCUT2D eigenvalue weighted by Crippen LogP contribution is 1.95. The molecule has 1 rings (SSSR count). The molecule has 0 bridgehead atoms. The van der Waals surface area contributed by atoms with Crippen LogP contribution in [-0.2, 0) is 9.53 Å². The van der Waals surface area contributed by atoms with Crippen molar-refractivity contribution in [1.29, 1.82) is 0 Å². The quantitative estimate of drug-likeness (QED) is 0.486. The van der Waals surface area contributed by atoms with Crippen molar-refractivity contribution in [1.82, 2.24) is 10.6 Å². The lowest BCUT2D eigenvalue weighted by Gasteiger charge is -2.11. The number of ether oxygens (including phenoxy) is 1. The average molecular weight is 158 g/mol. The Labute approximate surface area is 66.3 Å². The van der Waals surface area contributed by atoms with E-state index < -0.39 is 0 Å². The van der Waals surface area contributed by atoms with E-state index in [9.17, 15) is 4.79 Å². The van der Waals surface area contributed by atoms with Crippen molar-refractivity contribution >= 4 is 5.97 Å². The van der Waals surface area contributed by atoms with Crippen molar-refractivity contribution in [2.45, 2.75) is 12.5 Å². The zero-order chi connectivity index (χ0) is 8.10. The van der Waals surface area contributed by atoms with Crippen LogP contribution in [0.1, 0.15) is 6.42 Å². The monoisotopic (exact) mass is 158 g/mol. The predicted octanol–water partition coefficient (Wildman–Crippen LogP) is -0.889. The maximum Gasteiger partial charge on any atom is 0.322 e. The molecule has 1 heterocycles. The fraction of sp³-hybridized carbons (Fsp3) is 0.857. The average Bonchev–Trinajstić information content (AvgIpc) is 2.30. The van der Waals surface area contributed by atoms with Crippen LogP contribution >= 0.6 is 0 Å². The number of nitrogens with one attached hydrogen (secondary N) is 2. The van der Waals surface area contributed by atoms with E-state index in [0.717, 1.165) is 26.1 Å². The summed E-state index contributed by atoms with van der Waals surface area (Å²) in [6.07, 6.45) is 0.812. The number of rotatable bonds is 1. The first-order valence-electron chi connectivity index (χ1n) is 3.86. The van der Waals surface area contributed by atoms with Gasteiger partial charge in [-0.3, -0.25) is 4.79 Å². The SMILES string of the molecule is COC(=O)C1CCNCCN1. The highest BCUT2D eigenvalue weighted by atomic mass is 16.5. The Balaban J connectivity index is 2.36. The van der Waals surface area contributed by atoms with Gasteiger partial charge < -0.3 is 15.4 Å². The topological polar surface area (TPSA) is 50.4 Å². The molecule has 1 saturated heterocycles. The highest BCUT2D eigenvalue weighted by molar-refractivity contribution is 5.75. The van der Waals surface area contributed by atoms with Gasteiger partial charge in [-0.25, -0.2) is 0 Å². The standard InChI is InChI=1S/C7H14N2O2/c1-11-7(10)6-2-3-8-4-5-9-6/h6,8-9H,2-5H2,1H3. The van der Waals surface area contributed by atoms with Gasteiger partial charge >= 0.3 is 5.97 Å². The Hall–Kier alpha value is -0.610. The Kier molecular flexibility index (Phi) is 3.32. The molecule has 0 aromatic carbocycles. The van der Waals surface area contributed by atoms with E-state index in [1.165, 1.54) is 7.11 Å². The number of hydrogen-bond acceptors (Lipinski definition) is 4. The summed E-state index contributed by atoms with van der Waals surface area (Å²) in [7, 11) is 1.42. The van der Waals surface area contributed by atoms with Crippen LogP contribution in [0.15, 0.2) is 0 Å². The van der Waals surface area contributed by atoms with Crippen LogP contribution in [0.2, 0.25) is 0 Å². The molecule has 11 heavy (non-hydrogen) atoms. The molecule has 1 aliphatic heterocycles. The molecule has 1 unspecified atom stereocenters. The maximum absolute atomic E-state index is 11.0. The Morgan fingerprint density at radius 3 is 3.00 bits per heavy atom. The van der Waals surface area contributed by atoms with Crippen LogP contribution in [-0.4, -0.2) is 38.8 Å². The molecule has 0 aromatic heterocycles. The minimum atomic E-state index is -0.159. The summed E-state index contributed by atoms with van der Waals surface area (Å²) in [6.45, 7) is 2.64. The van der Waals surface area contributed by atoms with Crippen LogP contribution in [0.4, 0.5) is 0 Å². The molecule has 64 valence electrons. The molecular weight excluding hydrogens is 144 g/mol. The summed E-state index contributed by atoms with van der Waals surface area (Å²) in [4.78, 5) is 11.0. The van der Waals surface area contributed by atoms with Crippen LogP contribution in [0.5, 0.6) is 0 Å². The number of esters is 1. The van der Waals surface area contributed by atoms with Crippen molar-refractivity contribution < 1.29 is 9.53 Å². The fourth-order valence-electron chi connectivity index (χ4n) is 1.15. The zero-order valence-corrected chi connectivity index (χ0v) is 6.72. The third-order valence-electron chi connectivity index (χ3n) is 1.79. The van der Waals surface area contributed by atoms with Gasteiger partial charge in [-0.2, -0.15) is 0 Å². The largest absolute Gasteiger partial charge is 0.468 e. The number of carbonyl (C=O) groups is 1. The predicted molar refractivity (Wildman–Crippen MR) is 41.3 cm³/mol. The molecule has 0 spiro atoms. The number of hydrogen-bond donors (Lipinski definition) is 2. The van der Waals surface area contributed by atoms with E-state index in [4.69, 9.17) is 0 Å². The summed E-state index contributed by atoms with van der Waals surface area (Å²) < 4.78 is 4.62. The molecule has 1 aliphatic rings. The van der Waals surface area contributed by atoms with E-state index in [-0.39, 0.29) is 12.0 Å². The second-order valence-corrected chi connectivity index (χ2v) is 2.57. The Morgan fingerprint density at radius 1 is 1.45 bits per heavy atom. The zero-order valence-electron chi connectivity index (χ0n) is 6.72. The van der Waals surface area contributed by atoms with Crippen molar-refractivity contribution in [3.8, 4) is 0 Å². The molecule has 0 amide bonds. The summed E-state index contributed by atoms with van der Waals surface area (Å²) in [5.74, 6) is -0.159. The second kappa shape index (κ2) is 4.31. The van der Waals surface area contributed by atoms with E-state index in [1.54, 1.807) is 0 Å². The highest BCUT2D eigenvalue weighted by Gasteiger charge is 2.18. The molecule has 2 N–H and O–H groups in total. The first-order valence-corrected chi connectivity index (χ1v) is 3.86. The van der Waals surface area contributed by atoms with Crippen LogP contribution in [0.3, 0.4) is 0 Å². The normalized spacial score (nSPS) is 25.7. The van der Waals surface area contributed by atoms with E-state index in [0.29, 0.717) is 0 Å². The van der Waals surface area contributed by atoms with Crippen LogP contribution in [0, 0.1) is 0 Å². The molecule has 4 nitrogen and oxygen atoms in total. The number of carbonyl (C=O) groups excluding carboxylic acids is 1. The van der Waals surface area contributed by atoms with Gasteiger partial charge in [0.2, 0.25) is 0 Å². The van der Waals surface area contributed by atoms with Gasteiger partial charge in [0, 0.05) is 13.1 Å². The summed E-state index contributed by atoms with van der Waals surface area (Å²) in [5.41, 5.74) is 0. The van der Waals surface area contributed by atoms with Gasteiger partial charge in [0.1, 0.15) is 6.04 Å². The molecule has 0 radical (unpaired) electrons. The van der Waals surface area contributed by atoms with Gasteiger partial charge in [-0.15, -0.1) is 0 Å². The van der Waals surface area contributed by atoms with E-state index in [2.05, 4.69) is 15.4 Å². The Morgan fingerprint density at radius 2 is 2.27 bits per heavy atom. The lowest BCUT2D eigenvalue weighted by molar-refractivity contribution is -0.143. The molecule has 0 aliphatic carbocycles. The van der Waals surface area contributed by atoms with Gasteiger partial charge in [-0.05, 0) is 13.0 Å². The number of methoxy groups -OCH3 is 1. The van der Waals surface area contributed by atoms with Gasteiger partial charge in [0.05, 0.1) is 7.11 Å². The lowest BCUT2D eigenvalue weighted by atomic mass is 10.2. The minimum Gasteiger partial charge on any atom is -0.468 e. The van der Waals surface area contributed by atoms with E-state index in [1.807, 2.05) is 0 Å². The molecule has 1 atom stereocenters. The smallest absolute Gasteiger partial charge is 0.322 e. The van der Waals surface area contributed by atoms with Gasteiger partial charge in [0.15, 0.2) is 0 Å².